The van der Waals surface area contributed by atoms with Gasteiger partial charge >= 0.3 is 6.09 Å². The SMILES string of the molecule is CC(C)(C)OC(=O)N1CC[C@H](Nc2ncnc(N)c2C(=N)c2ccc([N+](=O)[O-])cc2)C1. The Morgan fingerprint density at radius 2 is 2.00 bits per heavy atom. The van der Waals surface area contributed by atoms with Gasteiger partial charge in [-0.2, -0.15) is 0 Å². The Bertz CT molecular complexity index is 1000. The van der Waals surface area contributed by atoms with Crippen LogP contribution >= 0.6 is 0 Å². The first kappa shape index (κ1) is 21.9. The third-order valence-electron chi connectivity index (χ3n) is 4.67. The number of carbonyl (C=O) groups is 1. The zero-order chi connectivity index (χ0) is 22.8. The van der Waals surface area contributed by atoms with Crippen LogP contribution in [0.25, 0.3) is 0 Å². The number of hydrogen-bond acceptors (Lipinski definition) is 9. The number of ether oxygens (including phenoxy) is 1. The van der Waals surface area contributed by atoms with Crippen LogP contribution in [0.5, 0.6) is 0 Å². The summed E-state index contributed by atoms with van der Waals surface area (Å²) in [5.41, 5.74) is 6.17. The van der Waals surface area contributed by atoms with Crippen LogP contribution in [0.2, 0.25) is 0 Å². The van der Waals surface area contributed by atoms with Gasteiger partial charge in [0.15, 0.2) is 0 Å². The number of nitro groups is 1. The molecule has 3 rings (SSSR count). The fourth-order valence-corrected chi connectivity index (χ4v) is 3.21. The van der Waals surface area contributed by atoms with Gasteiger partial charge in [-0.3, -0.25) is 15.5 Å². The minimum Gasteiger partial charge on any atom is -0.444 e. The topological polar surface area (TPSA) is 160 Å². The average Bonchev–Trinajstić information content (AvgIpc) is 3.15. The third kappa shape index (κ3) is 5.24. The summed E-state index contributed by atoms with van der Waals surface area (Å²) in [7, 11) is 0. The lowest BCUT2D eigenvalue weighted by Crippen LogP contribution is -2.36. The number of nitrogens with zero attached hydrogens (tertiary/aromatic N) is 4. The zero-order valence-electron chi connectivity index (χ0n) is 17.6. The molecular weight excluding hydrogens is 402 g/mol. The Hall–Kier alpha value is -3.76. The maximum atomic E-state index is 12.3. The summed E-state index contributed by atoms with van der Waals surface area (Å²) in [5.74, 6) is 0.481. The first-order valence-electron chi connectivity index (χ1n) is 9.74. The lowest BCUT2D eigenvalue weighted by atomic mass is 10.0. The number of aromatic nitrogens is 2. The van der Waals surface area contributed by atoms with Crippen LogP contribution in [0.1, 0.15) is 38.3 Å². The first-order chi connectivity index (χ1) is 14.5. The number of likely N-dealkylation sites (tertiary alicyclic amines) is 1. The summed E-state index contributed by atoms with van der Waals surface area (Å²) < 4.78 is 5.42. The second-order valence-corrected chi connectivity index (χ2v) is 8.22. The highest BCUT2D eigenvalue weighted by Crippen LogP contribution is 2.25. The molecule has 4 N–H and O–H groups in total. The van der Waals surface area contributed by atoms with Gasteiger partial charge in [-0.1, -0.05) is 0 Å². The second-order valence-electron chi connectivity index (χ2n) is 8.22. The van der Waals surface area contributed by atoms with Crippen LogP contribution in [0.3, 0.4) is 0 Å². The fourth-order valence-electron chi connectivity index (χ4n) is 3.21. The van der Waals surface area contributed by atoms with Gasteiger partial charge in [0, 0.05) is 36.8 Å². The Morgan fingerprint density at radius 3 is 2.61 bits per heavy atom. The van der Waals surface area contributed by atoms with Gasteiger partial charge in [0.2, 0.25) is 0 Å². The minimum absolute atomic E-state index is 0.0393. The van der Waals surface area contributed by atoms with Crippen molar-refractivity contribution in [2.24, 2.45) is 0 Å². The van der Waals surface area contributed by atoms with Crippen molar-refractivity contribution in [3.63, 3.8) is 0 Å². The molecule has 1 atom stereocenters. The molecule has 1 aliphatic heterocycles. The van der Waals surface area contributed by atoms with E-state index >= 15 is 0 Å². The molecule has 1 aromatic carbocycles. The second kappa shape index (κ2) is 8.54. The number of amides is 1. The van der Waals surface area contributed by atoms with Crippen molar-refractivity contribution < 1.29 is 14.5 Å². The number of non-ortho nitro benzene ring substituents is 1. The molecule has 164 valence electrons. The Kier molecular flexibility index (Phi) is 6.04. The zero-order valence-corrected chi connectivity index (χ0v) is 17.6. The number of nitrogens with two attached hydrogens (primary N) is 1. The highest BCUT2D eigenvalue weighted by atomic mass is 16.6. The highest BCUT2D eigenvalue weighted by molar-refractivity contribution is 6.16. The Balaban J connectivity index is 1.77. The average molecular weight is 427 g/mol. The molecule has 11 nitrogen and oxygen atoms in total. The molecule has 1 aromatic heterocycles. The van der Waals surface area contributed by atoms with Crippen LogP contribution in [-0.4, -0.2) is 56.3 Å². The van der Waals surface area contributed by atoms with Crippen LogP contribution in [-0.2, 0) is 4.74 Å². The van der Waals surface area contributed by atoms with Gasteiger partial charge in [-0.25, -0.2) is 14.8 Å². The van der Waals surface area contributed by atoms with E-state index in [0.29, 0.717) is 36.5 Å². The number of nitrogen functional groups attached to an aromatic ring is 1. The van der Waals surface area contributed by atoms with Crippen molar-refractivity contribution in [2.45, 2.75) is 38.8 Å². The molecule has 0 saturated carbocycles. The van der Waals surface area contributed by atoms with Gasteiger partial charge in [-0.05, 0) is 39.3 Å². The summed E-state index contributed by atoms with van der Waals surface area (Å²) in [6, 6.07) is 5.51. The molecule has 0 bridgehead atoms. The van der Waals surface area contributed by atoms with Gasteiger partial charge < -0.3 is 20.7 Å². The van der Waals surface area contributed by atoms with Crippen molar-refractivity contribution in [1.82, 2.24) is 14.9 Å². The molecule has 0 aliphatic carbocycles. The van der Waals surface area contributed by atoms with Crippen LogP contribution < -0.4 is 11.1 Å². The normalized spacial score (nSPS) is 16.1. The molecule has 1 amide bonds. The molecule has 0 unspecified atom stereocenters. The number of rotatable bonds is 5. The maximum absolute atomic E-state index is 12.3. The molecule has 1 aliphatic rings. The smallest absolute Gasteiger partial charge is 0.410 e. The van der Waals surface area contributed by atoms with Crippen LogP contribution in [0.4, 0.5) is 22.1 Å². The molecule has 1 saturated heterocycles. The van der Waals surface area contributed by atoms with E-state index in [1.54, 1.807) is 4.90 Å². The van der Waals surface area contributed by atoms with Crippen molar-refractivity contribution in [3.05, 3.63) is 51.8 Å². The lowest BCUT2D eigenvalue weighted by molar-refractivity contribution is -0.384. The lowest BCUT2D eigenvalue weighted by Gasteiger charge is -2.24. The summed E-state index contributed by atoms with van der Waals surface area (Å²) in [5, 5.41) is 22.7. The van der Waals surface area contributed by atoms with E-state index in [9.17, 15) is 14.9 Å². The Morgan fingerprint density at radius 1 is 1.32 bits per heavy atom. The first-order valence-corrected chi connectivity index (χ1v) is 9.74. The summed E-state index contributed by atoms with van der Waals surface area (Å²) >= 11 is 0. The van der Waals surface area contributed by atoms with Crippen LogP contribution in [0.15, 0.2) is 30.6 Å². The third-order valence-corrected chi connectivity index (χ3v) is 4.67. The molecule has 31 heavy (non-hydrogen) atoms. The molecule has 2 heterocycles. The molecular formula is C20H25N7O4. The van der Waals surface area contributed by atoms with E-state index in [4.69, 9.17) is 15.9 Å². The van der Waals surface area contributed by atoms with E-state index in [2.05, 4.69) is 15.3 Å². The van der Waals surface area contributed by atoms with Gasteiger partial charge in [0.05, 0.1) is 16.2 Å². The minimum atomic E-state index is -0.573. The van der Waals surface area contributed by atoms with E-state index < -0.39 is 10.5 Å². The number of hydrogen-bond donors (Lipinski definition) is 3. The number of nitro benzene ring substituents is 1. The fraction of sp³-hybridized carbons (Fsp3) is 0.400. The molecule has 1 fully saturated rings. The summed E-state index contributed by atoms with van der Waals surface area (Å²) in [4.78, 5) is 32.5. The largest absolute Gasteiger partial charge is 0.444 e. The predicted octanol–water partition coefficient (Wildman–Crippen LogP) is 2.80. The Labute approximate surface area is 179 Å². The molecule has 0 radical (unpaired) electrons. The van der Waals surface area contributed by atoms with E-state index in [1.165, 1.54) is 30.6 Å². The van der Waals surface area contributed by atoms with Gasteiger partial charge in [0.25, 0.3) is 5.69 Å². The molecule has 11 heteroatoms. The number of benzene rings is 1. The molecule has 2 aromatic rings. The van der Waals surface area contributed by atoms with Crippen molar-refractivity contribution in [3.8, 4) is 0 Å². The van der Waals surface area contributed by atoms with Gasteiger partial charge in [-0.15, -0.1) is 0 Å². The van der Waals surface area contributed by atoms with E-state index in [-0.39, 0.29) is 29.4 Å². The van der Waals surface area contributed by atoms with Crippen LogP contribution in [0, 0.1) is 15.5 Å². The quantitative estimate of drug-likeness (QED) is 0.373. The highest BCUT2D eigenvalue weighted by Gasteiger charge is 2.31. The van der Waals surface area contributed by atoms with Crippen molar-refractivity contribution in [2.75, 3.05) is 24.1 Å². The molecule has 0 spiro atoms. The monoisotopic (exact) mass is 427 g/mol. The predicted molar refractivity (Wildman–Crippen MR) is 115 cm³/mol. The van der Waals surface area contributed by atoms with Gasteiger partial charge in [0.1, 0.15) is 23.6 Å². The van der Waals surface area contributed by atoms with E-state index in [0.717, 1.165) is 0 Å². The van der Waals surface area contributed by atoms with Crippen molar-refractivity contribution in [1.29, 1.82) is 5.41 Å². The number of nitrogens with one attached hydrogen (secondary N) is 2. The maximum Gasteiger partial charge on any atom is 0.410 e. The number of anilines is 2. The van der Waals surface area contributed by atoms with E-state index in [1.807, 2.05) is 20.8 Å². The summed E-state index contributed by atoms with van der Waals surface area (Å²) in [6.07, 6.45) is 1.59. The standard InChI is InChI=1S/C20H25N7O4/c1-20(2,3)31-19(28)26-9-8-13(10-26)25-18-15(17(22)23-11-24-18)16(21)12-4-6-14(7-5-12)27(29)30/h4-7,11,13,21H,8-10H2,1-3H3,(H3,22,23,24,25)/t13-/m0/s1. The van der Waals surface area contributed by atoms with Crippen molar-refractivity contribution >= 4 is 29.1 Å². The summed E-state index contributed by atoms with van der Waals surface area (Å²) in [6.45, 7) is 6.40. The number of carbonyl (C=O) groups excluding carboxylic acids is 1.